The van der Waals surface area contributed by atoms with E-state index in [9.17, 15) is 9.90 Å². The van der Waals surface area contributed by atoms with E-state index in [1.165, 1.54) is 0 Å². The quantitative estimate of drug-likeness (QED) is 0.725. The van der Waals surface area contributed by atoms with E-state index in [0.717, 1.165) is 32.5 Å². The first kappa shape index (κ1) is 13.5. The largest absolute Gasteiger partial charge is 0.396 e. The van der Waals surface area contributed by atoms with Crippen molar-refractivity contribution in [1.29, 1.82) is 0 Å². The van der Waals surface area contributed by atoms with Crippen LogP contribution in [0.3, 0.4) is 0 Å². The van der Waals surface area contributed by atoms with Crippen LogP contribution in [0.1, 0.15) is 33.1 Å². The summed E-state index contributed by atoms with van der Waals surface area (Å²) in [5.74, 6) is 0.124. The average Bonchev–Trinajstić information content (AvgIpc) is 2.27. The van der Waals surface area contributed by atoms with Crippen molar-refractivity contribution < 1.29 is 9.90 Å². The molecular weight excluding hydrogens is 204 g/mol. The van der Waals surface area contributed by atoms with Crippen LogP contribution in [-0.2, 0) is 4.79 Å². The first-order chi connectivity index (χ1) is 7.59. The van der Waals surface area contributed by atoms with E-state index in [2.05, 4.69) is 17.1 Å². The molecule has 1 aliphatic heterocycles. The summed E-state index contributed by atoms with van der Waals surface area (Å²) in [5, 5.41) is 12.1. The average molecular weight is 228 g/mol. The van der Waals surface area contributed by atoms with Gasteiger partial charge in [0.15, 0.2) is 0 Å². The summed E-state index contributed by atoms with van der Waals surface area (Å²) < 4.78 is 0. The Kier molecular flexibility index (Phi) is 5.22. The maximum atomic E-state index is 11.3. The monoisotopic (exact) mass is 228 g/mol. The number of rotatable bonds is 5. The van der Waals surface area contributed by atoms with Gasteiger partial charge in [-0.2, -0.15) is 0 Å². The Morgan fingerprint density at radius 1 is 1.56 bits per heavy atom. The topological polar surface area (TPSA) is 52.6 Å². The highest BCUT2D eigenvalue weighted by Gasteiger charge is 2.30. The highest BCUT2D eigenvalue weighted by atomic mass is 16.3. The number of carbonyl (C=O) groups is 1. The van der Waals surface area contributed by atoms with E-state index in [4.69, 9.17) is 0 Å². The number of aliphatic hydroxyl groups is 1. The molecule has 4 nitrogen and oxygen atoms in total. The molecule has 0 bridgehead atoms. The van der Waals surface area contributed by atoms with Gasteiger partial charge in [0.2, 0.25) is 5.91 Å². The molecule has 4 heteroatoms. The van der Waals surface area contributed by atoms with Crippen LogP contribution in [0.5, 0.6) is 0 Å². The van der Waals surface area contributed by atoms with Crippen molar-refractivity contribution in [2.75, 3.05) is 32.8 Å². The van der Waals surface area contributed by atoms with E-state index >= 15 is 0 Å². The fourth-order valence-electron chi connectivity index (χ4n) is 2.29. The summed E-state index contributed by atoms with van der Waals surface area (Å²) in [6, 6.07) is 0. The second-order valence-electron chi connectivity index (χ2n) is 5.05. The van der Waals surface area contributed by atoms with Gasteiger partial charge in [-0.1, -0.05) is 6.92 Å². The fraction of sp³-hybridized carbons (Fsp3) is 0.917. The molecule has 0 aliphatic carbocycles. The Hall–Kier alpha value is -0.610. The summed E-state index contributed by atoms with van der Waals surface area (Å²) in [6.07, 6.45) is 2.77. The van der Waals surface area contributed by atoms with E-state index in [1.54, 1.807) is 0 Å². The smallest absolute Gasteiger partial charge is 0.221 e. The Morgan fingerprint density at radius 2 is 2.31 bits per heavy atom. The number of likely N-dealkylation sites (tertiary alicyclic amines) is 1. The molecule has 0 aromatic carbocycles. The summed E-state index contributed by atoms with van der Waals surface area (Å²) >= 11 is 0. The van der Waals surface area contributed by atoms with Crippen LogP contribution < -0.4 is 5.32 Å². The standard InChI is InChI=1S/C12H24N2O2/c1-3-13-11(16)5-8-14-7-4-6-12(2,9-14)10-15/h15H,3-10H2,1-2H3,(H,13,16). The normalized spacial score (nSPS) is 26.7. The van der Waals surface area contributed by atoms with Gasteiger partial charge in [0, 0.05) is 38.1 Å². The first-order valence-corrected chi connectivity index (χ1v) is 6.19. The predicted molar refractivity (Wildman–Crippen MR) is 64.2 cm³/mol. The third-order valence-corrected chi connectivity index (χ3v) is 3.27. The van der Waals surface area contributed by atoms with Crippen LogP contribution in [0.4, 0.5) is 0 Å². The van der Waals surface area contributed by atoms with E-state index in [1.807, 2.05) is 6.92 Å². The van der Waals surface area contributed by atoms with Crippen molar-refractivity contribution in [2.24, 2.45) is 5.41 Å². The number of nitrogens with zero attached hydrogens (tertiary/aromatic N) is 1. The van der Waals surface area contributed by atoms with Crippen LogP contribution in [0, 0.1) is 5.41 Å². The zero-order valence-corrected chi connectivity index (χ0v) is 10.5. The predicted octanol–water partition coefficient (Wildman–Crippen LogP) is 0.607. The molecule has 1 saturated heterocycles. The van der Waals surface area contributed by atoms with Crippen molar-refractivity contribution >= 4 is 5.91 Å². The Labute approximate surface area is 98.0 Å². The van der Waals surface area contributed by atoms with Gasteiger partial charge in [-0.3, -0.25) is 4.79 Å². The van der Waals surface area contributed by atoms with Gasteiger partial charge in [-0.05, 0) is 26.3 Å². The molecule has 0 spiro atoms. The number of piperidine rings is 1. The van der Waals surface area contributed by atoms with Crippen molar-refractivity contribution in [2.45, 2.75) is 33.1 Å². The van der Waals surface area contributed by atoms with Crippen LogP contribution in [0.2, 0.25) is 0 Å². The Morgan fingerprint density at radius 3 is 2.94 bits per heavy atom. The second kappa shape index (κ2) is 6.21. The lowest BCUT2D eigenvalue weighted by atomic mass is 9.83. The Bertz CT molecular complexity index is 233. The summed E-state index contributed by atoms with van der Waals surface area (Å²) in [6.45, 7) is 7.75. The number of hydrogen-bond donors (Lipinski definition) is 2. The third-order valence-electron chi connectivity index (χ3n) is 3.27. The second-order valence-corrected chi connectivity index (χ2v) is 5.05. The number of carbonyl (C=O) groups excluding carboxylic acids is 1. The minimum Gasteiger partial charge on any atom is -0.396 e. The molecule has 0 aromatic heterocycles. The number of hydrogen-bond acceptors (Lipinski definition) is 3. The molecule has 1 amide bonds. The lowest BCUT2D eigenvalue weighted by Crippen LogP contribution is -2.44. The lowest BCUT2D eigenvalue weighted by Gasteiger charge is -2.39. The maximum absolute atomic E-state index is 11.3. The van der Waals surface area contributed by atoms with Gasteiger partial charge in [0.1, 0.15) is 0 Å². The fourth-order valence-corrected chi connectivity index (χ4v) is 2.29. The zero-order valence-electron chi connectivity index (χ0n) is 10.5. The zero-order chi connectivity index (χ0) is 12.0. The molecule has 16 heavy (non-hydrogen) atoms. The summed E-state index contributed by atoms with van der Waals surface area (Å²) in [7, 11) is 0. The van der Waals surface area contributed by atoms with Crippen molar-refractivity contribution in [3.8, 4) is 0 Å². The minimum atomic E-state index is 0.0273. The molecule has 1 rings (SSSR count). The van der Waals surface area contributed by atoms with E-state index in [0.29, 0.717) is 13.0 Å². The van der Waals surface area contributed by atoms with Crippen molar-refractivity contribution in [3.63, 3.8) is 0 Å². The van der Waals surface area contributed by atoms with Gasteiger partial charge < -0.3 is 15.3 Å². The molecule has 94 valence electrons. The highest BCUT2D eigenvalue weighted by Crippen LogP contribution is 2.28. The van der Waals surface area contributed by atoms with Crippen LogP contribution in [-0.4, -0.2) is 48.7 Å². The van der Waals surface area contributed by atoms with Gasteiger partial charge in [0.05, 0.1) is 0 Å². The maximum Gasteiger partial charge on any atom is 0.221 e. The molecule has 1 fully saturated rings. The van der Waals surface area contributed by atoms with Crippen molar-refractivity contribution in [3.05, 3.63) is 0 Å². The highest BCUT2D eigenvalue weighted by molar-refractivity contribution is 5.75. The third kappa shape index (κ3) is 4.10. The minimum absolute atomic E-state index is 0.0273. The van der Waals surface area contributed by atoms with Crippen LogP contribution in [0.15, 0.2) is 0 Å². The summed E-state index contributed by atoms with van der Waals surface area (Å²) in [4.78, 5) is 13.6. The molecular formula is C12H24N2O2. The van der Waals surface area contributed by atoms with E-state index in [-0.39, 0.29) is 17.9 Å². The molecule has 1 atom stereocenters. The molecule has 1 aliphatic rings. The summed E-state index contributed by atoms with van der Waals surface area (Å²) in [5.41, 5.74) is 0.0273. The first-order valence-electron chi connectivity index (χ1n) is 6.19. The molecule has 1 heterocycles. The number of aliphatic hydroxyl groups excluding tert-OH is 1. The van der Waals surface area contributed by atoms with Crippen LogP contribution >= 0.6 is 0 Å². The van der Waals surface area contributed by atoms with Crippen LogP contribution in [0.25, 0.3) is 0 Å². The molecule has 2 N–H and O–H groups in total. The van der Waals surface area contributed by atoms with Crippen molar-refractivity contribution in [1.82, 2.24) is 10.2 Å². The lowest BCUT2D eigenvalue weighted by molar-refractivity contribution is -0.121. The van der Waals surface area contributed by atoms with E-state index < -0.39 is 0 Å². The van der Waals surface area contributed by atoms with Gasteiger partial charge in [-0.25, -0.2) is 0 Å². The number of amides is 1. The number of nitrogens with one attached hydrogen (secondary N) is 1. The molecule has 0 aromatic rings. The molecule has 1 unspecified atom stereocenters. The Balaban J connectivity index is 2.29. The molecule has 0 radical (unpaired) electrons. The van der Waals surface area contributed by atoms with Gasteiger partial charge >= 0.3 is 0 Å². The van der Waals surface area contributed by atoms with Gasteiger partial charge in [0.25, 0.3) is 0 Å². The SMILES string of the molecule is CCNC(=O)CCN1CCCC(C)(CO)C1. The molecule has 0 saturated carbocycles. The van der Waals surface area contributed by atoms with Gasteiger partial charge in [-0.15, -0.1) is 0 Å².